The molecule has 0 aliphatic carbocycles. The monoisotopic (exact) mass is 408 g/mol. The third kappa shape index (κ3) is 5.97. The maximum atomic E-state index is 12.5. The number of hydrogen-bond donors (Lipinski definition) is 1. The second-order valence-electron chi connectivity index (χ2n) is 6.98. The van der Waals surface area contributed by atoms with E-state index in [1.807, 2.05) is 66.7 Å². The van der Waals surface area contributed by atoms with Crippen molar-refractivity contribution in [2.24, 2.45) is 0 Å². The summed E-state index contributed by atoms with van der Waals surface area (Å²) in [6.45, 7) is 0.893. The molecule has 0 aliphatic heterocycles. The van der Waals surface area contributed by atoms with Gasteiger partial charge in [0.05, 0.1) is 0 Å². The molecule has 4 nitrogen and oxygen atoms in total. The summed E-state index contributed by atoms with van der Waals surface area (Å²) in [5.41, 5.74) is 3.36. The van der Waals surface area contributed by atoms with E-state index < -0.39 is 0 Å². The topological polar surface area (TPSA) is 47.6 Å². The summed E-state index contributed by atoms with van der Waals surface area (Å²) in [5.74, 6) is 1.23. The molecule has 4 rings (SSSR count). The molecule has 0 bridgehead atoms. The molecule has 0 heterocycles. The van der Waals surface area contributed by atoms with Gasteiger partial charge in [-0.25, -0.2) is 0 Å². The lowest BCUT2D eigenvalue weighted by atomic mass is 10.2. The number of benzene rings is 4. The zero-order valence-corrected chi connectivity index (χ0v) is 17.0. The molecule has 0 spiro atoms. The van der Waals surface area contributed by atoms with E-state index >= 15 is 0 Å². The second kappa shape index (κ2) is 10.1. The van der Waals surface area contributed by atoms with Gasteiger partial charge in [-0.1, -0.05) is 60.7 Å². The quantitative estimate of drug-likeness (QED) is 0.395. The van der Waals surface area contributed by atoms with E-state index in [1.165, 1.54) is 0 Å². The van der Waals surface area contributed by atoms with E-state index in [0.717, 1.165) is 22.6 Å². The van der Waals surface area contributed by atoms with Gasteiger partial charge in [0.25, 0.3) is 5.91 Å². The van der Waals surface area contributed by atoms with Gasteiger partial charge in [-0.3, -0.25) is 4.79 Å². The molecular formula is C27H22NO3. The Morgan fingerprint density at radius 3 is 2.13 bits per heavy atom. The average molecular weight is 408 g/mol. The van der Waals surface area contributed by atoms with E-state index in [9.17, 15) is 4.79 Å². The predicted molar refractivity (Wildman–Crippen MR) is 121 cm³/mol. The maximum Gasteiger partial charge on any atom is 0.255 e. The van der Waals surface area contributed by atoms with Crippen LogP contribution in [0.4, 0.5) is 5.69 Å². The number of nitrogens with one attached hydrogen (secondary N) is 1. The smallest absolute Gasteiger partial charge is 0.255 e. The number of rotatable bonds is 8. The standard InChI is InChI=1S/C27H22NO3/c29-27(28-24-13-5-2-6-14-24)23-12-8-16-26(18-23)31-20-22-11-7-15-25(17-22)30-19-21-9-3-1-4-10-21/h1,3-18H,19-20H2,(H,28,29). The Labute approximate surface area is 182 Å². The zero-order valence-electron chi connectivity index (χ0n) is 17.0. The zero-order chi connectivity index (χ0) is 21.3. The van der Waals surface area contributed by atoms with Crippen LogP contribution in [0.1, 0.15) is 21.5 Å². The number of amides is 1. The van der Waals surface area contributed by atoms with Gasteiger partial charge in [-0.05, 0) is 59.7 Å². The highest BCUT2D eigenvalue weighted by Crippen LogP contribution is 2.19. The fraction of sp³-hybridized carbons (Fsp3) is 0.0741. The lowest BCUT2D eigenvalue weighted by Crippen LogP contribution is -2.11. The van der Waals surface area contributed by atoms with Crippen LogP contribution in [0.2, 0.25) is 0 Å². The van der Waals surface area contributed by atoms with Gasteiger partial charge in [0.1, 0.15) is 24.7 Å². The van der Waals surface area contributed by atoms with Crippen molar-refractivity contribution in [3.63, 3.8) is 0 Å². The molecule has 0 unspecified atom stereocenters. The number of hydrogen-bond acceptors (Lipinski definition) is 3. The van der Waals surface area contributed by atoms with Crippen molar-refractivity contribution in [1.29, 1.82) is 0 Å². The normalized spacial score (nSPS) is 10.3. The molecule has 0 saturated carbocycles. The maximum absolute atomic E-state index is 12.5. The van der Waals surface area contributed by atoms with Crippen LogP contribution in [-0.2, 0) is 13.2 Å². The van der Waals surface area contributed by atoms with Gasteiger partial charge in [-0.15, -0.1) is 0 Å². The van der Waals surface area contributed by atoms with Crippen LogP contribution in [-0.4, -0.2) is 5.91 Å². The molecule has 0 atom stereocenters. The van der Waals surface area contributed by atoms with E-state index in [2.05, 4.69) is 11.4 Å². The Bertz CT molecular complexity index is 1130. The van der Waals surface area contributed by atoms with Crippen LogP contribution in [0.15, 0.2) is 103 Å². The first-order valence-electron chi connectivity index (χ1n) is 10.0. The summed E-state index contributed by atoms with van der Waals surface area (Å²) in [6, 6.07) is 35.0. The minimum atomic E-state index is -0.187. The van der Waals surface area contributed by atoms with Crippen molar-refractivity contribution in [1.82, 2.24) is 0 Å². The third-order valence-corrected chi connectivity index (χ3v) is 4.62. The molecule has 1 radical (unpaired) electrons. The summed E-state index contributed by atoms with van der Waals surface area (Å²) in [6.07, 6.45) is 0. The van der Waals surface area contributed by atoms with Gasteiger partial charge < -0.3 is 14.8 Å². The van der Waals surface area contributed by atoms with Gasteiger partial charge in [0, 0.05) is 11.3 Å². The van der Waals surface area contributed by atoms with E-state index in [4.69, 9.17) is 9.47 Å². The average Bonchev–Trinajstić information content (AvgIpc) is 2.83. The van der Waals surface area contributed by atoms with Crippen molar-refractivity contribution in [2.45, 2.75) is 13.2 Å². The number of ether oxygens (including phenoxy) is 2. The van der Waals surface area contributed by atoms with Gasteiger partial charge in [-0.2, -0.15) is 0 Å². The number of anilines is 1. The lowest BCUT2D eigenvalue weighted by molar-refractivity contribution is 0.102. The van der Waals surface area contributed by atoms with Gasteiger partial charge in [0.2, 0.25) is 0 Å². The Morgan fingerprint density at radius 1 is 0.710 bits per heavy atom. The first-order valence-corrected chi connectivity index (χ1v) is 10.0. The molecule has 0 fully saturated rings. The number of carbonyl (C=O) groups is 1. The van der Waals surface area contributed by atoms with Gasteiger partial charge in [0.15, 0.2) is 0 Å². The molecule has 0 aromatic heterocycles. The highest BCUT2D eigenvalue weighted by Gasteiger charge is 2.08. The highest BCUT2D eigenvalue weighted by molar-refractivity contribution is 6.04. The van der Waals surface area contributed by atoms with Crippen LogP contribution < -0.4 is 14.8 Å². The number of carbonyl (C=O) groups excluding carboxylic acids is 1. The molecule has 0 aliphatic rings. The Kier molecular flexibility index (Phi) is 6.61. The summed E-state index contributed by atoms with van der Waals surface area (Å²) >= 11 is 0. The van der Waals surface area contributed by atoms with E-state index in [0.29, 0.717) is 24.5 Å². The Balaban J connectivity index is 1.35. The first kappa shape index (κ1) is 20.2. The van der Waals surface area contributed by atoms with Crippen LogP contribution in [0, 0.1) is 6.07 Å². The molecule has 0 saturated heterocycles. The summed E-state index contributed by atoms with van der Waals surface area (Å²) in [7, 11) is 0. The predicted octanol–water partition coefficient (Wildman–Crippen LogP) is 5.90. The summed E-state index contributed by atoms with van der Waals surface area (Å²) < 4.78 is 11.8. The molecule has 31 heavy (non-hydrogen) atoms. The minimum Gasteiger partial charge on any atom is -0.489 e. The van der Waals surface area contributed by atoms with Crippen molar-refractivity contribution in [3.05, 3.63) is 126 Å². The summed E-state index contributed by atoms with van der Waals surface area (Å²) in [5, 5.41) is 2.86. The van der Waals surface area contributed by atoms with Crippen LogP contribution >= 0.6 is 0 Å². The molecule has 4 heteroatoms. The van der Waals surface area contributed by atoms with E-state index in [-0.39, 0.29) is 5.91 Å². The minimum absolute atomic E-state index is 0.187. The Morgan fingerprint density at radius 2 is 1.35 bits per heavy atom. The molecule has 1 amide bonds. The molecule has 1 N–H and O–H groups in total. The SMILES string of the molecule is O=C(Nc1cc[c]cc1)c1cccc(OCc2cccc(OCc3ccccc3)c2)c1. The largest absolute Gasteiger partial charge is 0.489 e. The van der Waals surface area contributed by atoms with E-state index in [1.54, 1.807) is 36.4 Å². The third-order valence-electron chi connectivity index (χ3n) is 4.62. The fourth-order valence-corrected chi connectivity index (χ4v) is 3.03. The van der Waals surface area contributed by atoms with Crippen molar-refractivity contribution in [3.8, 4) is 11.5 Å². The second-order valence-corrected chi connectivity index (χ2v) is 6.98. The lowest BCUT2D eigenvalue weighted by Gasteiger charge is -2.11. The molecule has 4 aromatic carbocycles. The van der Waals surface area contributed by atoms with Crippen molar-refractivity contribution in [2.75, 3.05) is 5.32 Å². The van der Waals surface area contributed by atoms with Crippen LogP contribution in [0.3, 0.4) is 0 Å². The van der Waals surface area contributed by atoms with Crippen molar-refractivity contribution >= 4 is 11.6 Å². The van der Waals surface area contributed by atoms with Gasteiger partial charge >= 0.3 is 0 Å². The van der Waals surface area contributed by atoms with Crippen molar-refractivity contribution < 1.29 is 14.3 Å². The molecule has 4 aromatic rings. The molecule has 153 valence electrons. The van der Waals surface area contributed by atoms with Crippen LogP contribution in [0.25, 0.3) is 0 Å². The fourth-order valence-electron chi connectivity index (χ4n) is 3.03. The summed E-state index contributed by atoms with van der Waals surface area (Å²) in [4.78, 5) is 12.5. The first-order chi connectivity index (χ1) is 15.3. The Hall–Kier alpha value is -4.05. The molecular weight excluding hydrogens is 386 g/mol. The highest BCUT2D eigenvalue weighted by atomic mass is 16.5. The van der Waals surface area contributed by atoms with Crippen LogP contribution in [0.5, 0.6) is 11.5 Å².